The predicted octanol–water partition coefficient (Wildman–Crippen LogP) is -0.456. The summed E-state index contributed by atoms with van der Waals surface area (Å²) < 4.78 is 0. The van der Waals surface area contributed by atoms with Crippen LogP contribution < -0.4 is 11.1 Å². The topological polar surface area (TPSA) is 58.4 Å². The fourth-order valence-electron chi connectivity index (χ4n) is 1.62. The van der Waals surface area contributed by atoms with Crippen LogP contribution in [0, 0.1) is 0 Å². The van der Waals surface area contributed by atoms with Crippen LogP contribution >= 0.6 is 0 Å². The molecule has 1 unspecified atom stereocenters. The molecular formula is C9H19N3O. The van der Waals surface area contributed by atoms with Gasteiger partial charge >= 0.3 is 0 Å². The van der Waals surface area contributed by atoms with E-state index in [4.69, 9.17) is 5.73 Å². The van der Waals surface area contributed by atoms with Gasteiger partial charge in [0, 0.05) is 12.6 Å². The summed E-state index contributed by atoms with van der Waals surface area (Å²) in [5.41, 5.74) is 5.43. The van der Waals surface area contributed by atoms with E-state index in [1.54, 1.807) is 6.92 Å². The number of carbonyl (C=O) groups is 1. The number of nitrogens with zero attached hydrogens (tertiary/aromatic N) is 1. The van der Waals surface area contributed by atoms with E-state index in [0.717, 1.165) is 13.1 Å². The number of hydrogen-bond donors (Lipinski definition) is 2. The fraction of sp³-hybridized carbons (Fsp3) is 0.889. The second-order valence-corrected chi connectivity index (χ2v) is 3.81. The molecule has 0 bridgehead atoms. The van der Waals surface area contributed by atoms with Crippen molar-refractivity contribution in [2.75, 3.05) is 20.1 Å². The van der Waals surface area contributed by atoms with Gasteiger partial charge in [0.15, 0.2) is 0 Å². The lowest BCUT2D eigenvalue weighted by Crippen LogP contribution is -2.44. The van der Waals surface area contributed by atoms with Gasteiger partial charge in [-0.2, -0.15) is 0 Å². The number of likely N-dealkylation sites (tertiary alicyclic amines) is 1. The molecule has 0 spiro atoms. The van der Waals surface area contributed by atoms with Crippen LogP contribution in [-0.4, -0.2) is 43.0 Å². The lowest BCUT2D eigenvalue weighted by molar-refractivity contribution is -0.122. The summed E-state index contributed by atoms with van der Waals surface area (Å²) in [6.45, 7) is 3.57. The molecule has 2 atom stereocenters. The van der Waals surface area contributed by atoms with Crippen LogP contribution in [-0.2, 0) is 4.79 Å². The second kappa shape index (κ2) is 4.58. The smallest absolute Gasteiger partial charge is 0.236 e. The third-order valence-corrected chi connectivity index (χ3v) is 2.60. The average molecular weight is 185 g/mol. The Kier molecular flexibility index (Phi) is 3.69. The van der Waals surface area contributed by atoms with Crippen LogP contribution in [0.1, 0.15) is 19.8 Å². The van der Waals surface area contributed by atoms with E-state index in [1.165, 1.54) is 12.8 Å². The summed E-state index contributed by atoms with van der Waals surface area (Å²) in [5.74, 6) is -0.0553. The predicted molar refractivity (Wildman–Crippen MR) is 52.3 cm³/mol. The lowest BCUT2D eigenvalue weighted by Gasteiger charge is -2.20. The normalized spacial score (nSPS) is 25.9. The minimum atomic E-state index is -0.397. The summed E-state index contributed by atoms with van der Waals surface area (Å²) >= 11 is 0. The molecule has 13 heavy (non-hydrogen) atoms. The summed E-state index contributed by atoms with van der Waals surface area (Å²) in [4.78, 5) is 13.4. The molecule has 4 heteroatoms. The highest BCUT2D eigenvalue weighted by Gasteiger charge is 2.21. The van der Waals surface area contributed by atoms with Gasteiger partial charge in [-0.3, -0.25) is 4.79 Å². The SMILES string of the molecule is C[C@@H](N)C(=O)NCC1CCCN1C. The maximum Gasteiger partial charge on any atom is 0.236 e. The lowest BCUT2D eigenvalue weighted by atomic mass is 10.2. The Labute approximate surface area is 79.5 Å². The molecule has 1 rings (SSSR count). The first kappa shape index (κ1) is 10.5. The summed E-state index contributed by atoms with van der Waals surface area (Å²) in [7, 11) is 2.09. The Bertz CT molecular complexity index is 182. The van der Waals surface area contributed by atoms with Gasteiger partial charge < -0.3 is 16.0 Å². The van der Waals surface area contributed by atoms with Gasteiger partial charge in [0.05, 0.1) is 6.04 Å². The zero-order valence-corrected chi connectivity index (χ0v) is 8.42. The summed E-state index contributed by atoms with van der Waals surface area (Å²) in [6.07, 6.45) is 2.41. The first-order valence-electron chi connectivity index (χ1n) is 4.85. The van der Waals surface area contributed by atoms with E-state index in [2.05, 4.69) is 17.3 Å². The summed E-state index contributed by atoms with van der Waals surface area (Å²) in [5, 5.41) is 2.85. The zero-order chi connectivity index (χ0) is 9.84. The van der Waals surface area contributed by atoms with Gasteiger partial charge in [-0.05, 0) is 33.4 Å². The van der Waals surface area contributed by atoms with Crippen molar-refractivity contribution in [3.8, 4) is 0 Å². The minimum Gasteiger partial charge on any atom is -0.353 e. The van der Waals surface area contributed by atoms with Crippen LogP contribution in [0.15, 0.2) is 0 Å². The molecule has 4 nitrogen and oxygen atoms in total. The molecule has 0 aromatic heterocycles. The Hall–Kier alpha value is -0.610. The highest BCUT2D eigenvalue weighted by molar-refractivity contribution is 5.80. The highest BCUT2D eigenvalue weighted by atomic mass is 16.2. The van der Waals surface area contributed by atoms with E-state index in [0.29, 0.717) is 6.04 Å². The number of amides is 1. The molecule has 0 radical (unpaired) electrons. The molecule has 3 N–H and O–H groups in total. The summed E-state index contributed by atoms with van der Waals surface area (Å²) in [6, 6.07) is 0.106. The second-order valence-electron chi connectivity index (χ2n) is 3.81. The first-order valence-corrected chi connectivity index (χ1v) is 4.85. The van der Waals surface area contributed by atoms with Crippen molar-refractivity contribution >= 4 is 5.91 Å². The molecule has 1 aliphatic rings. The molecule has 1 fully saturated rings. The van der Waals surface area contributed by atoms with Crippen LogP contribution in [0.3, 0.4) is 0 Å². The zero-order valence-electron chi connectivity index (χ0n) is 8.42. The fourth-order valence-corrected chi connectivity index (χ4v) is 1.62. The van der Waals surface area contributed by atoms with Crippen molar-refractivity contribution < 1.29 is 4.79 Å². The van der Waals surface area contributed by atoms with Crippen LogP contribution in [0.4, 0.5) is 0 Å². The maximum atomic E-state index is 11.2. The molecule has 0 aromatic carbocycles. The van der Waals surface area contributed by atoms with E-state index in [9.17, 15) is 4.79 Å². The van der Waals surface area contributed by atoms with Gasteiger partial charge in [-0.15, -0.1) is 0 Å². The highest BCUT2D eigenvalue weighted by Crippen LogP contribution is 2.13. The number of nitrogens with one attached hydrogen (secondary N) is 1. The Morgan fingerprint density at radius 1 is 1.77 bits per heavy atom. The first-order chi connectivity index (χ1) is 6.11. The molecule has 1 heterocycles. The van der Waals surface area contributed by atoms with E-state index in [1.807, 2.05) is 0 Å². The molecule has 0 aromatic rings. The molecule has 1 saturated heterocycles. The number of hydrogen-bond acceptors (Lipinski definition) is 3. The van der Waals surface area contributed by atoms with Crippen molar-refractivity contribution in [3.05, 3.63) is 0 Å². The van der Waals surface area contributed by atoms with E-state index < -0.39 is 6.04 Å². The monoisotopic (exact) mass is 185 g/mol. The van der Waals surface area contributed by atoms with Crippen molar-refractivity contribution in [2.45, 2.75) is 31.8 Å². The number of rotatable bonds is 3. The van der Waals surface area contributed by atoms with E-state index in [-0.39, 0.29) is 5.91 Å². The molecular weight excluding hydrogens is 166 g/mol. The number of nitrogens with two attached hydrogens (primary N) is 1. The minimum absolute atomic E-state index is 0.0553. The van der Waals surface area contributed by atoms with Crippen LogP contribution in [0.2, 0.25) is 0 Å². The molecule has 1 amide bonds. The van der Waals surface area contributed by atoms with Gasteiger partial charge in [-0.25, -0.2) is 0 Å². The van der Waals surface area contributed by atoms with Gasteiger partial charge in [0.1, 0.15) is 0 Å². The Morgan fingerprint density at radius 3 is 2.92 bits per heavy atom. The van der Waals surface area contributed by atoms with Gasteiger partial charge in [0.25, 0.3) is 0 Å². The Morgan fingerprint density at radius 2 is 2.46 bits per heavy atom. The Balaban J connectivity index is 2.22. The molecule has 1 aliphatic heterocycles. The average Bonchev–Trinajstić information content (AvgIpc) is 2.47. The van der Waals surface area contributed by atoms with Crippen molar-refractivity contribution in [2.24, 2.45) is 5.73 Å². The largest absolute Gasteiger partial charge is 0.353 e. The van der Waals surface area contributed by atoms with E-state index >= 15 is 0 Å². The standard InChI is InChI=1S/C9H19N3O/c1-7(10)9(13)11-6-8-4-3-5-12(8)2/h7-8H,3-6,10H2,1-2H3,(H,11,13)/t7-,8?/m1/s1. The molecule has 76 valence electrons. The van der Waals surface area contributed by atoms with Crippen LogP contribution in [0.5, 0.6) is 0 Å². The number of likely N-dealkylation sites (N-methyl/N-ethyl adjacent to an activating group) is 1. The maximum absolute atomic E-state index is 11.2. The quantitative estimate of drug-likeness (QED) is 0.626. The van der Waals surface area contributed by atoms with Crippen molar-refractivity contribution in [1.82, 2.24) is 10.2 Å². The van der Waals surface area contributed by atoms with Gasteiger partial charge in [0.2, 0.25) is 5.91 Å². The van der Waals surface area contributed by atoms with Crippen molar-refractivity contribution in [1.29, 1.82) is 0 Å². The van der Waals surface area contributed by atoms with Gasteiger partial charge in [-0.1, -0.05) is 0 Å². The third kappa shape index (κ3) is 2.97. The number of carbonyl (C=O) groups excluding carboxylic acids is 1. The van der Waals surface area contributed by atoms with Crippen molar-refractivity contribution in [3.63, 3.8) is 0 Å². The van der Waals surface area contributed by atoms with Crippen LogP contribution in [0.25, 0.3) is 0 Å². The molecule has 0 aliphatic carbocycles. The third-order valence-electron chi connectivity index (χ3n) is 2.60. The molecule has 0 saturated carbocycles.